The van der Waals surface area contributed by atoms with Crippen molar-refractivity contribution in [2.45, 2.75) is 4.90 Å². The van der Waals surface area contributed by atoms with E-state index in [-0.39, 0.29) is 11.1 Å². The standard InChI is InChI=1S/C17H10ClN3O2S/c18-10-2-4-13-11(6-10)16(15(24)8-20-13)21-14-3-1-9(7-19)5-12(14)17(22)23/h1-6,8,24H,(H,20,21)(H,22,23). The van der Waals surface area contributed by atoms with Gasteiger partial charge in [-0.3, -0.25) is 4.98 Å². The summed E-state index contributed by atoms with van der Waals surface area (Å²) in [5.41, 5.74) is 1.91. The lowest BCUT2D eigenvalue weighted by atomic mass is 10.1. The van der Waals surface area contributed by atoms with E-state index < -0.39 is 5.97 Å². The molecule has 2 aromatic carbocycles. The Hall–Kier alpha value is -2.75. The summed E-state index contributed by atoms with van der Waals surface area (Å²) >= 11 is 10.5. The highest BCUT2D eigenvalue weighted by molar-refractivity contribution is 7.80. The topological polar surface area (TPSA) is 86.0 Å². The maximum Gasteiger partial charge on any atom is 0.337 e. The first-order valence-corrected chi connectivity index (χ1v) is 7.64. The van der Waals surface area contributed by atoms with E-state index in [1.165, 1.54) is 6.07 Å². The second kappa shape index (κ2) is 6.40. The van der Waals surface area contributed by atoms with Gasteiger partial charge < -0.3 is 10.4 Å². The molecule has 1 aromatic heterocycles. The maximum atomic E-state index is 11.5. The number of halogens is 1. The Morgan fingerprint density at radius 3 is 2.79 bits per heavy atom. The third-order valence-corrected chi connectivity index (χ3v) is 4.02. The average Bonchev–Trinajstić information content (AvgIpc) is 2.57. The van der Waals surface area contributed by atoms with Gasteiger partial charge in [-0.25, -0.2) is 4.79 Å². The summed E-state index contributed by atoms with van der Waals surface area (Å²) < 4.78 is 0. The number of rotatable bonds is 3. The van der Waals surface area contributed by atoms with E-state index in [0.29, 0.717) is 26.8 Å². The molecule has 3 aromatic rings. The first-order chi connectivity index (χ1) is 11.5. The zero-order chi connectivity index (χ0) is 17.3. The molecule has 118 valence electrons. The van der Waals surface area contributed by atoms with Crippen LogP contribution in [0, 0.1) is 11.3 Å². The number of fused-ring (bicyclic) bond motifs is 1. The zero-order valence-corrected chi connectivity index (χ0v) is 13.8. The van der Waals surface area contributed by atoms with Crippen molar-refractivity contribution in [1.29, 1.82) is 5.26 Å². The second-order valence-corrected chi connectivity index (χ2v) is 5.90. The predicted octanol–water partition coefficient (Wildman–Crippen LogP) is 4.49. The number of aromatic carboxylic acids is 1. The molecule has 2 N–H and O–H groups in total. The maximum absolute atomic E-state index is 11.5. The molecule has 0 bridgehead atoms. The van der Waals surface area contributed by atoms with Gasteiger partial charge in [0.2, 0.25) is 0 Å². The summed E-state index contributed by atoms with van der Waals surface area (Å²) in [5.74, 6) is -1.13. The van der Waals surface area contributed by atoms with Crippen LogP contribution in [-0.4, -0.2) is 16.1 Å². The first-order valence-electron chi connectivity index (χ1n) is 6.81. The van der Waals surface area contributed by atoms with Crippen molar-refractivity contribution in [3.8, 4) is 6.07 Å². The Kier molecular flexibility index (Phi) is 4.30. The number of nitriles is 1. The lowest BCUT2D eigenvalue weighted by molar-refractivity contribution is 0.0698. The Bertz CT molecular complexity index is 1010. The van der Waals surface area contributed by atoms with Gasteiger partial charge in [0.05, 0.1) is 34.1 Å². The van der Waals surface area contributed by atoms with Gasteiger partial charge >= 0.3 is 5.97 Å². The van der Waals surface area contributed by atoms with Gasteiger partial charge in [-0.2, -0.15) is 5.26 Å². The normalized spacial score (nSPS) is 10.4. The van der Waals surface area contributed by atoms with Crippen LogP contribution in [0.2, 0.25) is 5.02 Å². The summed E-state index contributed by atoms with van der Waals surface area (Å²) in [7, 11) is 0. The van der Waals surface area contributed by atoms with Crippen LogP contribution in [-0.2, 0) is 0 Å². The highest BCUT2D eigenvalue weighted by Gasteiger charge is 2.14. The van der Waals surface area contributed by atoms with Crippen molar-refractivity contribution in [2.24, 2.45) is 0 Å². The van der Waals surface area contributed by atoms with Crippen molar-refractivity contribution < 1.29 is 9.90 Å². The highest BCUT2D eigenvalue weighted by atomic mass is 35.5. The number of carbonyl (C=O) groups is 1. The third kappa shape index (κ3) is 3.00. The van der Waals surface area contributed by atoms with E-state index >= 15 is 0 Å². The van der Waals surface area contributed by atoms with E-state index in [1.807, 2.05) is 6.07 Å². The average molecular weight is 356 g/mol. The molecular formula is C17H10ClN3O2S. The van der Waals surface area contributed by atoms with Crippen molar-refractivity contribution in [2.75, 3.05) is 5.32 Å². The number of anilines is 2. The number of hydrogen-bond acceptors (Lipinski definition) is 5. The SMILES string of the molecule is N#Cc1ccc(Nc2c(S)cnc3ccc(Cl)cc23)c(C(=O)O)c1. The molecule has 7 heteroatoms. The van der Waals surface area contributed by atoms with E-state index in [9.17, 15) is 9.90 Å². The molecule has 3 rings (SSSR count). The van der Waals surface area contributed by atoms with Crippen LogP contribution >= 0.6 is 24.2 Å². The predicted molar refractivity (Wildman–Crippen MR) is 95.4 cm³/mol. The van der Waals surface area contributed by atoms with Gasteiger partial charge in [0.25, 0.3) is 0 Å². The molecule has 0 spiro atoms. The monoisotopic (exact) mass is 355 g/mol. The zero-order valence-electron chi connectivity index (χ0n) is 12.1. The molecule has 0 amide bonds. The Balaban J connectivity index is 2.17. The minimum absolute atomic E-state index is 0.00577. The molecule has 0 aliphatic carbocycles. The summed E-state index contributed by atoms with van der Waals surface area (Å²) in [6.45, 7) is 0. The smallest absolute Gasteiger partial charge is 0.337 e. The van der Waals surface area contributed by atoms with E-state index in [4.69, 9.17) is 16.9 Å². The van der Waals surface area contributed by atoms with Gasteiger partial charge in [-0.05, 0) is 36.4 Å². The molecule has 0 aliphatic heterocycles. The molecule has 0 fully saturated rings. The first kappa shape index (κ1) is 16.1. The number of pyridine rings is 1. The number of nitrogens with one attached hydrogen (secondary N) is 1. The van der Waals surface area contributed by atoms with Crippen molar-refractivity contribution in [3.63, 3.8) is 0 Å². The van der Waals surface area contributed by atoms with Crippen LogP contribution in [0.1, 0.15) is 15.9 Å². The minimum atomic E-state index is -1.13. The largest absolute Gasteiger partial charge is 0.478 e. The van der Waals surface area contributed by atoms with Crippen molar-refractivity contribution in [3.05, 3.63) is 58.7 Å². The van der Waals surface area contributed by atoms with Gasteiger partial charge in [0.1, 0.15) is 0 Å². The Morgan fingerprint density at radius 1 is 1.29 bits per heavy atom. The number of nitrogens with zero attached hydrogens (tertiary/aromatic N) is 2. The van der Waals surface area contributed by atoms with E-state index in [2.05, 4.69) is 22.9 Å². The molecule has 24 heavy (non-hydrogen) atoms. The molecule has 0 saturated heterocycles. The molecule has 0 atom stereocenters. The van der Waals surface area contributed by atoms with E-state index in [0.717, 1.165) is 5.39 Å². The number of thiol groups is 1. The Morgan fingerprint density at radius 2 is 2.08 bits per heavy atom. The summed E-state index contributed by atoms with van der Waals surface area (Å²) in [5, 5.41) is 22.7. The minimum Gasteiger partial charge on any atom is -0.478 e. The van der Waals surface area contributed by atoms with Crippen molar-refractivity contribution >= 4 is 52.5 Å². The second-order valence-electron chi connectivity index (χ2n) is 4.98. The molecule has 0 aliphatic rings. The molecule has 0 saturated carbocycles. The van der Waals surface area contributed by atoms with Crippen LogP contribution in [0.5, 0.6) is 0 Å². The van der Waals surface area contributed by atoms with Crippen LogP contribution in [0.4, 0.5) is 11.4 Å². The van der Waals surface area contributed by atoms with Gasteiger partial charge in [0, 0.05) is 21.5 Å². The fourth-order valence-corrected chi connectivity index (χ4v) is 2.73. The van der Waals surface area contributed by atoms with Gasteiger partial charge in [0.15, 0.2) is 0 Å². The fraction of sp³-hybridized carbons (Fsp3) is 0. The fourth-order valence-electron chi connectivity index (χ4n) is 2.32. The number of hydrogen-bond donors (Lipinski definition) is 3. The Labute approximate surface area is 147 Å². The molecule has 5 nitrogen and oxygen atoms in total. The number of benzene rings is 2. The number of carboxylic acids is 1. The van der Waals surface area contributed by atoms with Crippen LogP contribution < -0.4 is 5.32 Å². The number of aromatic nitrogens is 1. The van der Waals surface area contributed by atoms with Gasteiger partial charge in [-0.15, -0.1) is 12.6 Å². The number of carboxylic acid groups (broad SMARTS) is 1. The molecule has 1 heterocycles. The summed E-state index contributed by atoms with van der Waals surface area (Å²) in [6, 6.07) is 11.6. The molecular weight excluding hydrogens is 346 g/mol. The van der Waals surface area contributed by atoms with Crippen molar-refractivity contribution in [1.82, 2.24) is 4.98 Å². The summed E-state index contributed by atoms with van der Waals surface area (Å²) in [4.78, 5) is 16.3. The molecule has 0 radical (unpaired) electrons. The van der Waals surface area contributed by atoms with Crippen LogP contribution in [0.3, 0.4) is 0 Å². The van der Waals surface area contributed by atoms with Gasteiger partial charge in [-0.1, -0.05) is 11.6 Å². The quantitative estimate of drug-likeness (QED) is 0.602. The van der Waals surface area contributed by atoms with Crippen LogP contribution in [0.15, 0.2) is 47.5 Å². The summed E-state index contributed by atoms with van der Waals surface area (Å²) in [6.07, 6.45) is 1.58. The lowest BCUT2D eigenvalue weighted by Crippen LogP contribution is -2.04. The third-order valence-electron chi connectivity index (χ3n) is 3.45. The molecule has 0 unspecified atom stereocenters. The van der Waals surface area contributed by atoms with Crippen LogP contribution in [0.25, 0.3) is 10.9 Å². The lowest BCUT2D eigenvalue weighted by Gasteiger charge is -2.14. The highest BCUT2D eigenvalue weighted by Crippen LogP contribution is 2.34. The van der Waals surface area contributed by atoms with E-state index in [1.54, 1.807) is 36.5 Å².